The molecule has 2 aromatic carbocycles. The van der Waals surface area contributed by atoms with Gasteiger partial charge in [-0.25, -0.2) is 9.67 Å². The first kappa shape index (κ1) is 24.5. The van der Waals surface area contributed by atoms with Crippen LogP contribution in [0.4, 0.5) is 41.7 Å². The lowest BCUT2D eigenvalue weighted by Crippen LogP contribution is -2.29. The van der Waals surface area contributed by atoms with Gasteiger partial charge in [0.1, 0.15) is 11.6 Å². The van der Waals surface area contributed by atoms with Crippen LogP contribution in [0.1, 0.15) is 24.8 Å². The van der Waals surface area contributed by atoms with Crippen LogP contribution in [-0.4, -0.2) is 35.0 Å². The molecule has 2 N–H and O–H groups in total. The van der Waals surface area contributed by atoms with Gasteiger partial charge in [0, 0.05) is 49.5 Å². The van der Waals surface area contributed by atoms with E-state index in [0.717, 1.165) is 37.8 Å². The highest BCUT2D eigenvalue weighted by Crippen LogP contribution is 2.39. The number of benzene rings is 2. The zero-order chi connectivity index (χ0) is 25.8. The molecule has 1 fully saturated rings. The Labute approximate surface area is 212 Å². The number of hydrogen-bond donors (Lipinski definition) is 2. The Bertz CT molecular complexity index is 1350. The van der Waals surface area contributed by atoms with E-state index in [0.29, 0.717) is 22.8 Å². The number of pyridine rings is 1. The quantitative estimate of drug-likeness (QED) is 0.287. The molecular weight excluding hydrogens is 481 g/mol. The van der Waals surface area contributed by atoms with Gasteiger partial charge in [-0.1, -0.05) is 12.1 Å². The van der Waals surface area contributed by atoms with E-state index >= 15 is 0 Å². The molecular formula is C27H27F3N6O. The standard InChI is InChI=1S/C27H27F3N6O/c1-37-25-16-19(35-13-5-2-6-14-35)10-11-22(25)34-26-17-23(20(18-31-26)27(28,29)30)33-21-8-3-4-9-24(21)36-15-7-12-32-36/h3-4,7-12,15-18H,2,5-6,13-14H2,1H3,(H2,31,33,34). The van der Waals surface area contributed by atoms with Crippen molar-refractivity contribution < 1.29 is 17.9 Å². The Morgan fingerprint density at radius 2 is 1.70 bits per heavy atom. The predicted octanol–water partition coefficient (Wildman–Crippen LogP) is 6.77. The van der Waals surface area contributed by atoms with Crippen molar-refractivity contribution in [2.75, 3.05) is 35.7 Å². The third-order valence-electron chi connectivity index (χ3n) is 6.30. The van der Waals surface area contributed by atoms with Crippen LogP contribution in [0.15, 0.2) is 73.2 Å². The smallest absolute Gasteiger partial charge is 0.419 e. The van der Waals surface area contributed by atoms with Gasteiger partial charge in [0.25, 0.3) is 0 Å². The molecule has 1 aliphatic rings. The fourth-order valence-corrected chi connectivity index (χ4v) is 4.46. The Balaban J connectivity index is 1.46. The Morgan fingerprint density at radius 1 is 0.892 bits per heavy atom. The summed E-state index contributed by atoms with van der Waals surface area (Å²) in [6.07, 6.45) is 3.10. The van der Waals surface area contributed by atoms with E-state index < -0.39 is 11.7 Å². The van der Waals surface area contributed by atoms with Gasteiger partial charge in [-0.3, -0.25) is 0 Å². The number of alkyl halides is 3. The maximum atomic E-state index is 13.9. The number of halogens is 3. The molecule has 1 saturated heterocycles. The van der Waals surface area contributed by atoms with Gasteiger partial charge in [0.05, 0.1) is 35.4 Å². The third-order valence-corrected chi connectivity index (χ3v) is 6.30. The van der Waals surface area contributed by atoms with Crippen molar-refractivity contribution in [3.8, 4) is 11.4 Å². The van der Waals surface area contributed by atoms with Crippen LogP contribution in [-0.2, 0) is 6.18 Å². The van der Waals surface area contributed by atoms with Crippen LogP contribution < -0.4 is 20.3 Å². The number of ether oxygens (including phenoxy) is 1. The molecule has 0 atom stereocenters. The van der Waals surface area contributed by atoms with Crippen molar-refractivity contribution in [2.45, 2.75) is 25.4 Å². The molecule has 5 rings (SSSR count). The minimum atomic E-state index is -4.59. The molecule has 0 bridgehead atoms. The van der Waals surface area contributed by atoms with Gasteiger partial charge in [0.15, 0.2) is 0 Å². The lowest BCUT2D eigenvalue weighted by molar-refractivity contribution is -0.137. The summed E-state index contributed by atoms with van der Waals surface area (Å²) in [5, 5.41) is 10.3. The third kappa shape index (κ3) is 5.47. The molecule has 0 radical (unpaired) electrons. The van der Waals surface area contributed by atoms with Crippen LogP contribution in [0.3, 0.4) is 0 Å². The number of piperidine rings is 1. The minimum Gasteiger partial charge on any atom is -0.494 e. The van der Waals surface area contributed by atoms with Crippen molar-refractivity contribution in [3.05, 3.63) is 78.8 Å². The topological polar surface area (TPSA) is 67.2 Å². The molecule has 0 spiro atoms. The Morgan fingerprint density at radius 3 is 2.43 bits per heavy atom. The van der Waals surface area contributed by atoms with Gasteiger partial charge in [-0.05, 0) is 49.6 Å². The number of nitrogens with zero attached hydrogens (tertiary/aromatic N) is 4. The average molecular weight is 509 g/mol. The zero-order valence-electron chi connectivity index (χ0n) is 20.3. The maximum absolute atomic E-state index is 13.9. The monoisotopic (exact) mass is 508 g/mol. The first-order chi connectivity index (χ1) is 17.9. The molecule has 2 aromatic heterocycles. The van der Waals surface area contributed by atoms with Gasteiger partial charge in [0.2, 0.25) is 0 Å². The van der Waals surface area contributed by atoms with E-state index in [4.69, 9.17) is 4.74 Å². The maximum Gasteiger partial charge on any atom is 0.419 e. The van der Waals surface area contributed by atoms with E-state index in [2.05, 4.69) is 25.6 Å². The van der Waals surface area contributed by atoms with Gasteiger partial charge in [-0.15, -0.1) is 0 Å². The van der Waals surface area contributed by atoms with Gasteiger partial charge in [-0.2, -0.15) is 18.3 Å². The van der Waals surface area contributed by atoms with E-state index in [-0.39, 0.29) is 11.5 Å². The molecule has 192 valence electrons. The fourth-order valence-electron chi connectivity index (χ4n) is 4.46. The Hall–Kier alpha value is -4.21. The summed E-state index contributed by atoms with van der Waals surface area (Å²) in [5.41, 5.74) is 1.74. The summed E-state index contributed by atoms with van der Waals surface area (Å²) in [6, 6.07) is 15.9. The van der Waals surface area contributed by atoms with E-state index in [9.17, 15) is 13.2 Å². The van der Waals surface area contributed by atoms with E-state index in [1.807, 2.05) is 18.2 Å². The highest BCUT2D eigenvalue weighted by Gasteiger charge is 2.34. The molecule has 10 heteroatoms. The summed E-state index contributed by atoms with van der Waals surface area (Å²) >= 11 is 0. The van der Waals surface area contributed by atoms with Crippen LogP contribution in [0.25, 0.3) is 5.69 Å². The molecule has 0 unspecified atom stereocenters. The lowest BCUT2D eigenvalue weighted by Gasteiger charge is -2.29. The minimum absolute atomic E-state index is 0.131. The summed E-state index contributed by atoms with van der Waals surface area (Å²) in [6.45, 7) is 1.98. The van der Waals surface area contributed by atoms with Crippen molar-refractivity contribution in [1.82, 2.24) is 14.8 Å². The summed E-state index contributed by atoms with van der Waals surface area (Å²) in [4.78, 5) is 6.36. The lowest BCUT2D eigenvalue weighted by atomic mass is 10.1. The van der Waals surface area contributed by atoms with Gasteiger partial charge >= 0.3 is 6.18 Å². The number of anilines is 5. The van der Waals surface area contributed by atoms with Crippen LogP contribution in [0, 0.1) is 0 Å². The highest BCUT2D eigenvalue weighted by molar-refractivity contribution is 5.75. The van der Waals surface area contributed by atoms with Crippen LogP contribution in [0.5, 0.6) is 5.75 Å². The highest BCUT2D eigenvalue weighted by atomic mass is 19.4. The zero-order valence-corrected chi connectivity index (χ0v) is 20.3. The molecule has 1 aliphatic heterocycles. The normalized spacial score (nSPS) is 13.9. The number of aromatic nitrogens is 3. The first-order valence-electron chi connectivity index (χ1n) is 12.1. The molecule has 4 aromatic rings. The largest absolute Gasteiger partial charge is 0.494 e. The molecule has 0 aliphatic carbocycles. The molecule has 0 saturated carbocycles. The number of methoxy groups -OCH3 is 1. The van der Waals surface area contributed by atoms with E-state index in [1.54, 1.807) is 54.5 Å². The Kier molecular flexibility index (Phi) is 6.89. The summed E-state index contributed by atoms with van der Waals surface area (Å²) in [7, 11) is 1.57. The van der Waals surface area contributed by atoms with Crippen LogP contribution in [0.2, 0.25) is 0 Å². The predicted molar refractivity (Wildman–Crippen MR) is 138 cm³/mol. The molecule has 37 heavy (non-hydrogen) atoms. The molecule has 3 heterocycles. The van der Waals surface area contributed by atoms with Crippen LogP contribution >= 0.6 is 0 Å². The van der Waals surface area contributed by atoms with Crippen molar-refractivity contribution >= 4 is 28.6 Å². The number of para-hydroxylation sites is 2. The molecule has 0 amide bonds. The number of hydrogen-bond acceptors (Lipinski definition) is 6. The molecule has 7 nitrogen and oxygen atoms in total. The first-order valence-corrected chi connectivity index (χ1v) is 12.1. The summed E-state index contributed by atoms with van der Waals surface area (Å²) < 4.78 is 48.8. The number of rotatable bonds is 7. The summed E-state index contributed by atoms with van der Waals surface area (Å²) in [5.74, 6) is 0.833. The SMILES string of the molecule is COc1cc(N2CCCCC2)ccc1Nc1cc(Nc2ccccc2-n2cccn2)c(C(F)(F)F)cn1. The number of nitrogens with one attached hydrogen (secondary N) is 2. The fraction of sp³-hybridized carbons (Fsp3) is 0.259. The second kappa shape index (κ2) is 10.4. The second-order valence-electron chi connectivity index (χ2n) is 8.76. The van der Waals surface area contributed by atoms with E-state index in [1.165, 1.54) is 12.5 Å². The van der Waals surface area contributed by atoms with Crippen molar-refractivity contribution in [2.24, 2.45) is 0 Å². The van der Waals surface area contributed by atoms with Crippen molar-refractivity contribution in [1.29, 1.82) is 0 Å². The second-order valence-corrected chi connectivity index (χ2v) is 8.76. The average Bonchev–Trinajstić information content (AvgIpc) is 3.44. The van der Waals surface area contributed by atoms with Gasteiger partial charge < -0.3 is 20.3 Å². The van der Waals surface area contributed by atoms with Crippen molar-refractivity contribution in [3.63, 3.8) is 0 Å².